The second kappa shape index (κ2) is 15.8. The molecule has 0 heterocycles. The van der Waals surface area contributed by atoms with E-state index in [1.54, 1.807) is 0 Å². The molecular weight excluding hydrogens is 819 g/mol. The van der Waals surface area contributed by atoms with Crippen LogP contribution in [0.4, 0.5) is 17.1 Å². The molecule has 0 saturated heterocycles. The van der Waals surface area contributed by atoms with E-state index in [1.807, 2.05) is 0 Å². The van der Waals surface area contributed by atoms with Crippen molar-refractivity contribution in [1.29, 1.82) is 0 Å². The lowest BCUT2D eigenvalue weighted by Gasteiger charge is -2.29. The fraction of sp³-hybridized carbons (Fsp3) is 0.284. The Morgan fingerprint density at radius 3 is 1.06 bits per heavy atom. The Morgan fingerprint density at radius 2 is 0.647 bits per heavy atom. The summed E-state index contributed by atoms with van der Waals surface area (Å²) in [7, 11) is 0. The third-order valence-electron chi connectivity index (χ3n) is 15.6. The molecule has 0 spiro atoms. The third kappa shape index (κ3) is 7.63. The van der Waals surface area contributed by atoms with Gasteiger partial charge in [-0.1, -0.05) is 205 Å². The molecule has 0 atom stereocenters. The molecule has 2 aliphatic rings. The molecule has 0 aromatic heterocycles. The summed E-state index contributed by atoms with van der Waals surface area (Å²) < 4.78 is 0. The van der Waals surface area contributed by atoms with Crippen LogP contribution in [-0.4, -0.2) is 0 Å². The van der Waals surface area contributed by atoms with Crippen molar-refractivity contribution in [2.45, 2.75) is 124 Å². The third-order valence-corrected chi connectivity index (χ3v) is 15.6. The number of anilines is 3. The van der Waals surface area contributed by atoms with E-state index in [1.165, 1.54) is 100 Å². The van der Waals surface area contributed by atoms with Gasteiger partial charge in [-0.05, 0) is 172 Å². The van der Waals surface area contributed by atoms with Crippen LogP contribution in [0.3, 0.4) is 0 Å². The molecule has 8 aromatic rings. The first-order valence-corrected chi connectivity index (χ1v) is 24.8. The molecule has 2 aliphatic carbocycles. The van der Waals surface area contributed by atoms with Crippen LogP contribution in [0, 0.1) is 6.92 Å². The zero-order valence-corrected chi connectivity index (χ0v) is 43.0. The van der Waals surface area contributed by atoms with Gasteiger partial charge in [0.15, 0.2) is 0 Å². The lowest BCUT2D eigenvalue weighted by molar-refractivity contribution is 0.584. The van der Waals surface area contributed by atoms with Gasteiger partial charge < -0.3 is 4.90 Å². The fourth-order valence-electron chi connectivity index (χ4n) is 11.2. The molecule has 0 saturated carbocycles. The van der Waals surface area contributed by atoms with Crippen LogP contribution in [0.5, 0.6) is 0 Å². The van der Waals surface area contributed by atoms with Crippen molar-refractivity contribution in [2.75, 3.05) is 4.90 Å². The molecule has 1 heteroatoms. The lowest BCUT2D eigenvalue weighted by atomic mass is 9.78. The number of benzene rings is 8. The Hall–Kier alpha value is -6.44. The van der Waals surface area contributed by atoms with Gasteiger partial charge in [0.1, 0.15) is 0 Å². The molecule has 1 nitrogen and oxygen atoms in total. The van der Waals surface area contributed by atoms with Crippen LogP contribution in [-0.2, 0) is 27.1 Å². The number of nitrogens with zero attached hydrogens (tertiary/aromatic N) is 1. The molecule has 0 radical (unpaired) electrons. The number of hydrogen-bond acceptors (Lipinski definition) is 1. The zero-order chi connectivity index (χ0) is 48.3. The van der Waals surface area contributed by atoms with Gasteiger partial charge in [0.25, 0.3) is 0 Å². The van der Waals surface area contributed by atoms with Crippen molar-refractivity contribution in [2.24, 2.45) is 0 Å². The Labute approximate surface area is 408 Å². The van der Waals surface area contributed by atoms with E-state index in [-0.39, 0.29) is 27.1 Å². The molecule has 342 valence electrons. The van der Waals surface area contributed by atoms with Crippen LogP contribution in [0.2, 0.25) is 0 Å². The van der Waals surface area contributed by atoms with Crippen molar-refractivity contribution < 1.29 is 0 Å². The predicted molar refractivity (Wildman–Crippen MR) is 293 cm³/mol. The van der Waals surface area contributed by atoms with Crippen LogP contribution in [0.1, 0.15) is 135 Å². The van der Waals surface area contributed by atoms with E-state index in [4.69, 9.17) is 0 Å². The van der Waals surface area contributed by atoms with Gasteiger partial charge in [-0.3, -0.25) is 0 Å². The van der Waals surface area contributed by atoms with Gasteiger partial charge in [-0.25, -0.2) is 0 Å². The maximum Gasteiger partial charge on any atom is 0.0474 e. The number of hydrogen-bond donors (Lipinski definition) is 0. The molecular formula is C67H69N. The highest BCUT2D eigenvalue weighted by molar-refractivity contribution is 5.92. The van der Waals surface area contributed by atoms with Crippen molar-refractivity contribution in [3.8, 4) is 55.6 Å². The molecule has 0 fully saturated rings. The standard InChI is InChI=1S/C67H69N/c1-42-57(45-24-32-53-55-34-28-48(64(5,6)7)38-61(55)66(11,12)59(53)36-45)40-52(41-58(42)46-25-33-54-56-35-29-49(65(8,9)10)39-62(56)67(13,14)60(54)37-46)68(50-18-16-15-17-19-50)51-30-22-44(23-31-51)43-20-26-47(27-21-43)63(2,3)4/h15-41H,1-14H3. The van der Waals surface area contributed by atoms with Gasteiger partial charge >= 0.3 is 0 Å². The Balaban J connectivity index is 1.15. The number of fused-ring (bicyclic) bond motifs is 6. The second-order valence-electron chi connectivity index (χ2n) is 24.0. The van der Waals surface area contributed by atoms with Gasteiger partial charge in [0.2, 0.25) is 0 Å². The number of para-hydroxylation sites is 1. The maximum atomic E-state index is 2.50. The minimum absolute atomic E-state index is 0.0760. The van der Waals surface area contributed by atoms with E-state index in [9.17, 15) is 0 Å². The molecule has 0 bridgehead atoms. The predicted octanol–water partition coefficient (Wildman–Crippen LogP) is 19.0. The van der Waals surface area contributed by atoms with E-state index in [2.05, 4.69) is 266 Å². The van der Waals surface area contributed by atoms with Crippen LogP contribution >= 0.6 is 0 Å². The van der Waals surface area contributed by atoms with Crippen LogP contribution < -0.4 is 4.90 Å². The molecule has 0 amide bonds. The van der Waals surface area contributed by atoms with Crippen molar-refractivity contribution in [1.82, 2.24) is 0 Å². The Kier molecular flexibility index (Phi) is 10.5. The average Bonchev–Trinajstić information content (AvgIpc) is 3.67. The first kappa shape index (κ1) is 45.3. The largest absolute Gasteiger partial charge is 0.310 e. The van der Waals surface area contributed by atoms with E-state index in [0.29, 0.717) is 0 Å². The van der Waals surface area contributed by atoms with Crippen molar-refractivity contribution in [3.63, 3.8) is 0 Å². The van der Waals surface area contributed by atoms with E-state index in [0.717, 1.165) is 17.1 Å². The number of rotatable bonds is 6. The SMILES string of the molecule is Cc1c(-c2ccc3c(c2)C(C)(C)c2cc(C(C)(C)C)ccc2-3)cc(N(c2ccccc2)c2ccc(-c3ccc(C(C)(C)C)cc3)cc2)cc1-c1ccc2c(c1)C(C)(C)c1cc(C(C)(C)C)ccc1-2. The summed E-state index contributed by atoms with van der Waals surface area (Å²) in [5.41, 5.74) is 27.2. The highest BCUT2D eigenvalue weighted by Crippen LogP contribution is 2.54. The minimum Gasteiger partial charge on any atom is -0.310 e. The zero-order valence-electron chi connectivity index (χ0n) is 43.0. The molecule has 68 heavy (non-hydrogen) atoms. The topological polar surface area (TPSA) is 3.24 Å². The first-order chi connectivity index (χ1) is 32.0. The van der Waals surface area contributed by atoms with E-state index >= 15 is 0 Å². The van der Waals surface area contributed by atoms with Crippen LogP contribution in [0.15, 0.2) is 164 Å². The fourth-order valence-corrected chi connectivity index (χ4v) is 11.2. The van der Waals surface area contributed by atoms with Gasteiger partial charge in [-0.2, -0.15) is 0 Å². The van der Waals surface area contributed by atoms with Crippen molar-refractivity contribution in [3.05, 3.63) is 208 Å². The quantitative estimate of drug-likeness (QED) is 0.161. The molecule has 0 unspecified atom stereocenters. The highest BCUT2D eigenvalue weighted by Gasteiger charge is 2.38. The summed E-state index contributed by atoms with van der Waals surface area (Å²) >= 11 is 0. The van der Waals surface area contributed by atoms with Gasteiger partial charge in [0.05, 0.1) is 0 Å². The molecule has 0 N–H and O–H groups in total. The summed E-state index contributed by atoms with van der Waals surface area (Å²) in [5.74, 6) is 0. The van der Waals surface area contributed by atoms with E-state index < -0.39 is 0 Å². The van der Waals surface area contributed by atoms with Gasteiger partial charge in [-0.15, -0.1) is 0 Å². The maximum absolute atomic E-state index is 2.50. The van der Waals surface area contributed by atoms with Gasteiger partial charge in [0, 0.05) is 27.9 Å². The molecule has 8 aromatic carbocycles. The summed E-state index contributed by atoms with van der Waals surface area (Å²) in [6.45, 7) is 32.7. The molecule has 10 rings (SSSR count). The average molecular weight is 888 g/mol. The summed E-state index contributed by atoms with van der Waals surface area (Å²) in [6.07, 6.45) is 0. The van der Waals surface area contributed by atoms with Crippen molar-refractivity contribution >= 4 is 17.1 Å². The highest BCUT2D eigenvalue weighted by atomic mass is 15.1. The normalized spacial score (nSPS) is 14.6. The first-order valence-electron chi connectivity index (χ1n) is 24.8. The summed E-state index contributed by atoms with van der Waals surface area (Å²) in [4.78, 5) is 2.45. The monoisotopic (exact) mass is 888 g/mol. The smallest absolute Gasteiger partial charge is 0.0474 e. The van der Waals surface area contributed by atoms with Crippen LogP contribution in [0.25, 0.3) is 55.6 Å². The second-order valence-corrected chi connectivity index (χ2v) is 24.0. The Bertz CT molecular complexity index is 3100. The summed E-state index contributed by atoms with van der Waals surface area (Å²) in [5, 5.41) is 0. The minimum atomic E-state index is -0.144. The molecule has 0 aliphatic heterocycles. The summed E-state index contributed by atoms with van der Waals surface area (Å²) in [6, 6.07) is 62.9. The lowest BCUT2D eigenvalue weighted by Crippen LogP contribution is -2.17. The Morgan fingerprint density at radius 1 is 0.309 bits per heavy atom.